The van der Waals surface area contributed by atoms with E-state index in [0.29, 0.717) is 11.8 Å². The van der Waals surface area contributed by atoms with Gasteiger partial charge in [0.05, 0.1) is 9.49 Å². The van der Waals surface area contributed by atoms with Crippen molar-refractivity contribution in [1.29, 1.82) is 0 Å². The second-order valence-electron chi connectivity index (χ2n) is 5.70. The summed E-state index contributed by atoms with van der Waals surface area (Å²) in [5.41, 5.74) is 0. The number of hydrogen-bond donors (Lipinski definition) is 0. The summed E-state index contributed by atoms with van der Waals surface area (Å²) in [6.45, 7) is 8.51. The third-order valence-corrected chi connectivity index (χ3v) is 7.10. The van der Waals surface area contributed by atoms with Gasteiger partial charge in [0.25, 0.3) is 0 Å². The van der Waals surface area contributed by atoms with E-state index in [0.717, 1.165) is 0 Å². The van der Waals surface area contributed by atoms with Crippen molar-refractivity contribution < 1.29 is 4.21 Å². The zero-order chi connectivity index (χ0) is 13.4. The van der Waals surface area contributed by atoms with Gasteiger partial charge in [-0.15, -0.1) is 0 Å². The fourth-order valence-electron chi connectivity index (χ4n) is 2.58. The maximum atomic E-state index is 13.2. The highest BCUT2D eigenvalue weighted by Crippen LogP contribution is 2.41. The zero-order valence-electron chi connectivity index (χ0n) is 11.6. The minimum Gasteiger partial charge on any atom is -0.258 e. The molecule has 2 aliphatic rings. The van der Waals surface area contributed by atoms with Gasteiger partial charge in [0.15, 0.2) is 0 Å². The maximum absolute atomic E-state index is 13.2. The summed E-state index contributed by atoms with van der Waals surface area (Å²) in [6.07, 6.45) is 16.7. The van der Waals surface area contributed by atoms with Crippen molar-refractivity contribution in [2.45, 2.75) is 37.2 Å². The quantitative estimate of drug-likeness (QED) is 0.740. The fourth-order valence-corrected chi connectivity index (χ4v) is 4.76. The van der Waals surface area contributed by atoms with Crippen molar-refractivity contribution in [3.8, 4) is 0 Å². The van der Waals surface area contributed by atoms with Crippen LogP contribution in [0, 0.1) is 11.8 Å². The standard InChI is InChI=1S/C16H22OS/c1-13-9-5-7-11-15(13,3)18(17)16(4)12-8-6-10-14(16)2/h5-14H,1-4H3. The van der Waals surface area contributed by atoms with Crippen LogP contribution in [0.3, 0.4) is 0 Å². The highest BCUT2D eigenvalue weighted by molar-refractivity contribution is 7.88. The Bertz CT molecular complexity index is 429. The Morgan fingerprint density at radius 1 is 0.833 bits per heavy atom. The monoisotopic (exact) mass is 262 g/mol. The lowest BCUT2D eigenvalue weighted by Crippen LogP contribution is -2.49. The first-order valence-electron chi connectivity index (χ1n) is 6.55. The predicted octanol–water partition coefficient (Wildman–Crippen LogP) is 3.78. The van der Waals surface area contributed by atoms with Crippen molar-refractivity contribution in [3.63, 3.8) is 0 Å². The molecular weight excluding hydrogens is 240 g/mol. The van der Waals surface area contributed by atoms with Gasteiger partial charge in [-0.3, -0.25) is 4.21 Å². The summed E-state index contributed by atoms with van der Waals surface area (Å²) >= 11 is 0. The van der Waals surface area contributed by atoms with Gasteiger partial charge in [0, 0.05) is 10.8 Å². The molecule has 0 aromatic carbocycles. The molecule has 0 spiro atoms. The summed E-state index contributed by atoms with van der Waals surface area (Å²) < 4.78 is 12.6. The third-order valence-electron chi connectivity index (χ3n) is 4.48. The Labute approximate surface area is 113 Å². The Balaban J connectivity index is 2.37. The van der Waals surface area contributed by atoms with Gasteiger partial charge in [0.2, 0.25) is 0 Å². The fraction of sp³-hybridized carbons (Fsp3) is 0.500. The first-order valence-corrected chi connectivity index (χ1v) is 7.70. The summed E-state index contributed by atoms with van der Waals surface area (Å²) in [7, 11) is -0.960. The van der Waals surface area contributed by atoms with E-state index in [1.807, 2.05) is 24.3 Å². The first kappa shape index (κ1) is 13.5. The second-order valence-corrected chi connectivity index (χ2v) is 8.00. The van der Waals surface area contributed by atoms with Gasteiger partial charge in [-0.05, 0) is 25.7 Å². The van der Waals surface area contributed by atoms with Crippen LogP contribution in [0.15, 0.2) is 48.6 Å². The Morgan fingerprint density at radius 3 is 1.56 bits per heavy atom. The molecule has 4 atom stereocenters. The molecule has 0 aromatic rings. The Kier molecular flexibility index (Phi) is 3.50. The summed E-state index contributed by atoms with van der Waals surface area (Å²) in [6, 6.07) is 0. The summed E-state index contributed by atoms with van der Waals surface area (Å²) in [5, 5.41) is 0. The van der Waals surface area contributed by atoms with E-state index < -0.39 is 10.8 Å². The Hall–Kier alpha value is -0.890. The molecule has 2 aliphatic carbocycles. The summed E-state index contributed by atoms with van der Waals surface area (Å²) in [4.78, 5) is 0. The molecule has 4 unspecified atom stereocenters. The van der Waals surface area contributed by atoms with Crippen LogP contribution in [0.5, 0.6) is 0 Å². The van der Waals surface area contributed by atoms with E-state index >= 15 is 0 Å². The van der Waals surface area contributed by atoms with Gasteiger partial charge < -0.3 is 0 Å². The molecule has 98 valence electrons. The molecule has 0 heterocycles. The van der Waals surface area contributed by atoms with Crippen LogP contribution >= 0.6 is 0 Å². The van der Waals surface area contributed by atoms with Crippen LogP contribution in [0.4, 0.5) is 0 Å². The van der Waals surface area contributed by atoms with Crippen molar-refractivity contribution in [2.24, 2.45) is 11.8 Å². The largest absolute Gasteiger partial charge is 0.258 e. The van der Waals surface area contributed by atoms with E-state index in [1.165, 1.54) is 0 Å². The third kappa shape index (κ3) is 1.97. The van der Waals surface area contributed by atoms with Crippen LogP contribution in [0.2, 0.25) is 0 Å². The van der Waals surface area contributed by atoms with E-state index in [1.54, 1.807) is 0 Å². The molecule has 2 rings (SSSR count). The molecule has 0 saturated heterocycles. The molecule has 0 saturated carbocycles. The molecular formula is C16H22OS. The van der Waals surface area contributed by atoms with Crippen LogP contribution < -0.4 is 0 Å². The van der Waals surface area contributed by atoms with E-state index in [2.05, 4.69) is 52.0 Å². The van der Waals surface area contributed by atoms with Gasteiger partial charge in [-0.1, -0.05) is 62.5 Å². The van der Waals surface area contributed by atoms with Crippen LogP contribution in [0.25, 0.3) is 0 Å². The number of rotatable bonds is 2. The molecule has 1 nitrogen and oxygen atoms in total. The maximum Gasteiger partial charge on any atom is 0.0681 e. The van der Waals surface area contributed by atoms with E-state index in [-0.39, 0.29) is 9.49 Å². The molecule has 2 heteroatoms. The lowest BCUT2D eigenvalue weighted by atomic mass is 9.89. The number of hydrogen-bond acceptors (Lipinski definition) is 1. The van der Waals surface area contributed by atoms with Crippen LogP contribution in [0.1, 0.15) is 27.7 Å². The van der Waals surface area contributed by atoms with Crippen molar-refractivity contribution in [3.05, 3.63) is 48.6 Å². The topological polar surface area (TPSA) is 17.1 Å². The zero-order valence-corrected chi connectivity index (χ0v) is 12.4. The molecule has 0 amide bonds. The highest BCUT2D eigenvalue weighted by atomic mass is 32.2. The van der Waals surface area contributed by atoms with Crippen molar-refractivity contribution in [1.82, 2.24) is 0 Å². The second kappa shape index (κ2) is 4.65. The van der Waals surface area contributed by atoms with Gasteiger partial charge in [-0.25, -0.2) is 0 Å². The average molecular weight is 262 g/mol. The summed E-state index contributed by atoms with van der Waals surface area (Å²) in [5.74, 6) is 0.596. The van der Waals surface area contributed by atoms with Gasteiger partial charge in [-0.2, -0.15) is 0 Å². The van der Waals surface area contributed by atoms with E-state index in [9.17, 15) is 4.21 Å². The lowest BCUT2D eigenvalue weighted by molar-refractivity contribution is 0.514. The molecule has 0 radical (unpaired) electrons. The minimum atomic E-state index is -0.960. The smallest absolute Gasteiger partial charge is 0.0681 e. The molecule has 0 fully saturated rings. The molecule has 18 heavy (non-hydrogen) atoms. The van der Waals surface area contributed by atoms with E-state index in [4.69, 9.17) is 0 Å². The molecule has 0 aromatic heterocycles. The average Bonchev–Trinajstić information content (AvgIpc) is 2.36. The Morgan fingerprint density at radius 2 is 1.22 bits per heavy atom. The normalized spacial score (nSPS) is 44.2. The van der Waals surface area contributed by atoms with Gasteiger partial charge >= 0.3 is 0 Å². The number of allylic oxidation sites excluding steroid dienone is 6. The van der Waals surface area contributed by atoms with Crippen molar-refractivity contribution >= 4 is 10.8 Å². The van der Waals surface area contributed by atoms with Crippen LogP contribution in [-0.2, 0) is 10.8 Å². The van der Waals surface area contributed by atoms with Gasteiger partial charge in [0.1, 0.15) is 0 Å². The molecule has 0 aliphatic heterocycles. The SMILES string of the molecule is CC1C=CC=CC1(C)S(=O)C1(C)C=CC=CC1C. The first-order chi connectivity index (χ1) is 8.41. The van der Waals surface area contributed by atoms with Crippen LogP contribution in [-0.4, -0.2) is 13.7 Å². The highest BCUT2D eigenvalue weighted by Gasteiger charge is 2.46. The molecule has 0 N–H and O–H groups in total. The van der Waals surface area contributed by atoms with Crippen molar-refractivity contribution in [2.75, 3.05) is 0 Å². The molecule has 0 bridgehead atoms. The minimum absolute atomic E-state index is 0.284. The lowest BCUT2D eigenvalue weighted by Gasteiger charge is -2.42. The predicted molar refractivity (Wildman–Crippen MR) is 79.8 cm³/mol.